The summed E-state index contributed by atoms with van der Waals surface area (Å²) < 4.78 is 5.83. The maximum Gasteiger partial charge on any atom is 0.191 e. The predicted octanol–water partition coefficient (Wildman–Crippen LogP) is 4.12. The van der Waals surface area contributed by atoms with Crippen molar-refractivity contribution in [1.82, 2.24) is 10.6 Å². The molecule has 3 N–H and O–H groups in total. The second kappa shape index (κ2) is 10.1. The topological polar surface area (TPSA) is 69.8 Å². The Morgan fingerprint density at radius 2 is 2.04 bits per heavy atom. The van der Waals surface area contributed by atoms with Gasteiger partial charge in [0.1, 0.15) is 16.9 Å². The molecule has 0 aliphatic carbocycles. The lowest BCUT2D eigenvalue weighted by atomic mass is 10.1. The summed E-state index contributed by atoms with van der Waals surface area (Å²) in [5.74, 6) is 1.64. The lowest BCUT2D eigenvalue weighted by Crippen LogP contribution is -2.39. The smallest absolute Gasteiger partial charge is 0.191 e. The third-order valence-electron chi connectivity index (χ3n) is 4.08. The van der Waals surface area contributed by atoms with Gasteiger partial charge in [-0.15, -0.1) is 35.3 Å². The van der Waals surface area contributed by atoms with Crippen molar-refractivity contribution in [3.8, 4) is 0 Å². The number of aliphatic hydroxyl groups is 1. The van der Waals surface area contributed by atoms with Crippen molar-refractivity contribution in [2.45, 2.75) is 25.9 Å². The van der Waals surface area contributed by atoms with Gasteiger partial charge in [-0.3, -0.25) is 0 Å². The second-order valence-electron chi connectivity index (χ2n) is 6.37. The predicted molar refractivity (Wildman–Crippen MR) is 123 cm³/mol. The van der Waals surface area contributed by atoms with Crippen molar-refractivity contribution >= 4 is 52.2 Å². The average Bonchev–Trinajstić information content (AvgIpc) is 3.29. The summed E-state index contributed by atoms with van der Waals surface area (Å²) in [5.41, 5.74) is -0.0509. The molecule has 2 heterocycles. The van der Waals surface area contributed by atoms with Gasteiger partial charge in [0.15, 0.2) is 5.96 Å². The third kappa shape index (κ3) is 5.95. The van der Waals surface area contributed by atoms with Crippen molar-refractivity contribution < 1.29 is 9.52 Å². The fraction of sp³-hybridized carbons (Fsp3) is 0.350. The van der Waals surface area contributed by atoms with Crippen LogP contribution in [-0.2, 0) is 12.0 Å². The third-order valence-corrected chi connectivity index (χ3v) is 5.20. The standard InChI is InChI=1S/C20H25N3O2S.HI/c1-3-21-19(23-14-20(2,24)18-9-6-12-26-18)22-11-10-16-13-15-7-4-5-8-17(15)25-16;/h4-9,12-13,24H,3,10-11,14H2,1-2H3,(H2,21,22,23);1H. The van der Waals surface area contributed by atoms with Gasteiger partial charge < -0.3 is 20.2 Å². The van der Waals surface area contributed by atoms with E-state index in [1.807, 2.05) is 48.7 Å². The summed E-state index contributed by atoms with van der Waals surface area (Å²) in [5, 5.41) is 20.2. The molecule has 27 heavy (non-hydrogen) atoms. The van der Waals surface area contributed by atoms with Gasteiger partial charge in [-0.2, -0.15) is 0 Å². The highest BCUT2D eigenvalue weighted by Crippen LogP contribution is 2.25. The molecule has 146 valence electrons. The van der Waals surface area contributed by atoms with E-state index in [4.69, 9.17) is 4.42 Å². The van der Waals surface area contributed by atoms with E-state index in [-0.39, 0.29) is 24.0 Å². The number of aliphatic imine (C=N–C) groups is 1. The number of furan rings is 1. The maximum atomic E-state index is 10.6. The molecule has 0 spiro atoms. The zero-order valence-corrected chi connectivity index (χ0v) is 18.7. The Kier molecular flexibility index (Phi) is 8.12. The minimum absolute atomic E-state index is 0. The van der Waals surface area contributed by atoms with Crippen molar-refractivity contribution in [3.63, 3.8) is 0 Å². The molecule has 3 aromatic rings. The van der Waals surface area contributed by atoms with Crippen LogP contribution in [0.1, 0.15) is 24.5 Å². The van der Waals surface area contributed by atoms with E-state index in [1.54, 1.807) is 6.92 Å². The molecule has 0 aliphatic heterocycles. The van der Waals surface area contributed by atoms with Crippen molar-refractivity contribution in [2.75, 3.05) is 19.6 Å². The molecule has 0 fully saturated rings. The summed E-state index contributed by atoms with van der Waals surface area (Å²) in [4.78, 5) is 5.45. The minimum atomic E-state index is -0.963. The normalized spacial score (nSPS) is 13.8. The highest BCUT2D eigenvalue weighted by molar-refractivity contribution is 14.0. The molecule has 5 nitrogen and oxygen atoms in total. The highest BCUT2D eigenvalue weighted by atomic mass is 127. The molecule has 0 saturated heterocycles. The van der Waals surface area contributed by atoms with Crippen LogP contribution < -0.4 is 10.6 Å². The van der Waals surface area contributed by atoms with E-state index in [9.17, 15) is 5.11 Å². The van der Waals surface area contributed by atoms with Gasteiger partial charge in [0.25, 0.3) is 0 Å². The number of thiophene rings is 1. The molecule has 1 aromatic carbocycles. The van der Waals surface area contributed by atoms with Crippen LogP contribution in [0.15, 0.2) is 57.3 Å². The van der Waals surface area contributed by atoms with Gasteiger partial charge in [0.2, 0.25) is 0 Å². The summed E-state index contributed by atoms with van der Waals surface area (Å²) >= 11 is 1.54. The summed E-state index contributed by atoms with van der Waals surface area (Å²) in [6, 6.07) is 14.0. The van der Waals surface area contributed by atoms with Gasteiger partial charge in [-0.05, 0) is 37.4 Å². The lowest BCUT2D eigenvalue weighted by Gasteiger charge is -2.20. The maximum absolute atomic E-state index is 10.6. The van der Waals surface area contributed by atoms with E-state index >= 15 is 0 Å². The zero-order chi connectivity index (χ0) is 18.4. The Morgan fingerprint density at radius 1 is 1.22 bits per heavy atom. The van der Waals surface area contributed by atoms with Crippen LogP contribution in [-0.4, -0.2) is 30.7 Å². The molecule has 0 amide bonds. The molecule has 0 bridgehead atoms. The van der Waals surface area contributed by atoms with Gasteiger partial charge >= 0.3 is 0 Å². The summed E-state index contributed by atoms with van der Waals surface area (Å²) in [7, 11) is 0. The van der Waals surface area contributed by atoms with Crippen LogP contribution in [0, 0.1) is 0 Å². The number of halogens is 1. The second-order valence-corrected chi connectivity index (χ2v) is 7.32. The number of hydrogen-bond donors (Lipinski definition) is 3. The fourth-order valence-corrected chi connectivity index (χ4v) is 3.48. The van der Waals surface area contributed by atoms with Crippen LogP contribution >= 0.6 is 35.3 Å². The molecule has 0 saturated carbocycles. The van der Waals surface area contributed by atoms with E-state index in [0.29, 0.717) is 19.0 Å². The SMILES string of the molecule is CCNC(=NCC(C)(O)c1cccs1)NCCc1cc2ccccc2o1.I. The van der Waals surface area contributed by atoms with Crippen LogP contribution in [0.2, 0.25) is 0 Å². The van der Waals surface area contributed by atoms with E-state index in [0.717, 1.165) is 34.6 Å². The first-order valence-corrected chi connectivity index (χ1v) is 9.72. The molecule has 1 atom stereocenters. The number of para-hydroxylation sites is 1. The monoisotopic (exact) mass is 499 g/mol. The Morgan fingerprint density at radius 3 is 2.74 bits per heavy atom. The van der Waals surface area contributed by atoms with Crippen LogP contribution in [0.25, 0.3) is 11.0 Å². The first kappa shape index (κ1) is 21.7. The Balaban J connectivity index is 0.00000261. The quantitative estimate of drug-likeness (QED) is 0.260. The largest absolute Gasteiger partial charge is 0.461 e. The number of nitrogens with one attached hydrogen (secondary N) is 2. The number of nitrogens with zero attached hydrogens (tertiary/aromatic N) is 1. The fourth-order valence-electron chi connectivity index (χ4n) is 2.70. The molecular formula is C20H26IN3O2S. The summed E-state index contributed by atoms with van der Waals surface area (Å²) in [6.07, 6.45) is 0.764. The molecule has 1 unspecified atom stereocenters. The van der Waals surface area contributed by atoms with Crippen molar-refractivity contribution in [2.24, 2.45) is 4.99 Å². The number of benzene rings is 1. The van der Waals surface area contributed by atoms with E-state index < -0.39 is 5.60 Å². The van der Waals surface area contributed by atoms with Crippen molar-refractivity contribution in [3.05, 3.63) is 58.5 Å². The first-order valence-electron chi connectivity index (χ1n) is 8.84. The number of guanidine groups is 1. The lowest BCUT2D eigenvalue weighted by molar-refractivity contribution is 0.0711. The molecule has 0 radical (unpaired) electrons. The molecule has 7 heteroatoms. The van der Waals surface area contributed by atoms with E-state index in [2.05, 4.69) is 21.7 Å². The van der Waals surface area contributed by atoms with Gasteiger partial charge in [-0.1, -0.05) is 24.3 Å². The zero-order valence-electron chi connectivity index (χ0n) is 15.6. The van der Waals surface area contributed by atoms with Crippen LogP contribution in [0.4, 0.5) is 0 Å². The Hall–Kier alpha value is -1.58. The number of rotatable bonds is 7. The molecule has 0 aliphatic rings. The highest BCUT2D eigenvalue weighted by Gasteiger charge is 2.23. The molecule has 2 aromatic heterocycles. The Labute approximate surface area is 180 Å². The number of hydrogen-bond acceptors (Lipinski definition) is 4. The first-order chi connectivity index (χ1) is 12.6. The molecular weight excluding hydrogens is 473 g/mol. The Bertz CT molecular complexity index is 826. The van der Waals surface area contributed by atoms with Gasteiger partial charge in [-0.25, -0.2) is 4.99 Å². The van der Waals surface area contributed by atoms with Gasteiger partial charge in [0, 0.05) is 29.8 Å². The van der Waals surface area contributed by atoms with Gasteiger partial charge in [0.05, 0.1) is 6.54 Å². The minimum Gasteiger partial charge on any atom is -0.461 e. The summed E-state index contributed by atoms with van der Waals surface area (Å²) in [6.45, 7) is 5.58. The van der Waals surface area contributed by atoms with Crippen LogP contribution in [0.3, 0.4) is 0 Å². The van der Waals surface area contributed by atoms with Crippen molar-refractivity contribution in [1.29, 1.82) is 0 Å². The molecule has 3 rings (SSSR count). The number of fused-ring (bicyclic) bond motifs is 1. The van der Waals surface area contributed by atoms with E-state index in [1.165, 1.54) is 11.3 Å². The average molecular weight is 499 g/mol. The van der Waals surface area contributed by atoms with Crippen LogP contribution in [0.5, 0.6) is 0 Å².